The number of hydrogen-bond acceptors (Lipinski definition) is 7. The molecule has 4 rings (SSSR count). The zero-order chi connectivity index (χ0) is 22.3. The molecule has 0 aliphatic carbocycles. The first-order valence-corrected chi connectivity index (χ1v) is 9.02. The summed E-state index contributed by atoms with van der Waals surface area (Å²) in [6.07, 6.45) is 0. The molecular weight excluding hydrogens is 409 g/mol. The second-order valence-electron chi connectivity index (χ2n) is 6.82. The number of rotatable bonds is 4. The van der Waals surface area contributed by atoms with Crippen LogP contribution in [0.25, 0.3) is 5.76 Å². The third-order valence-electron chi connectivity index (χ3n) is 4.82. The van der Waals surface area contributed by atoms with Gasteiger partial charge in [-0.3, -0.25) is 24.6 Å². The van der Waals surface area contributed by atoms with E-state index in [-0.39, 0.29) is 28.2 Å². The zero-order valence-electron chi connectivity index (χ0n) is 16.0. The molecule has 0 bridgehead atoms. The molecule has 0 spiro atoms. The number of anilines is 1. The number of nitro benzene ring substituents is 1. The third kappa shape index (κ3) is 3.44. The summed E-state index contributed by atoms with van der Waals surface area (Å²) < 4.78 is 18.3. The van der Waals surface area contributed by atoms with Crippen molar-refractivity contribution in [3.05, 3.63) is 93.0 Å². The van der Waals surface area contributed by atoms with Crippen LogP contribution in [0.15, 0.2) is 64.7 Å². The maximum absolute atomic E-state index is 13.3. The van der Waals surface area contributed by atoms with Crippen LogP contribution in [0.3, 0.4) is 0 Å². The normalized spacial score (nSPS) is 17.9. The summed E-state index contributed by atoms with van der Waals surface area (Å²) in [5.74, 6) is -2.72. The van der Waals surface area contributed by atoms with Gasteiger partial charge in [-0.1, -0.05) is 17.3 Å². The summed E-state index contributed by atoms with van der Waals surface area (Å²) in [6.45, 7) is 1.59. The van der Waals surface area contributed by atoms with Gasteiger partial charge in [0, 0.05) is 23.8 Å². The number of halogens is 1. The van der Waals surface area contributed by atoms with E-state index in [1.165, 1.54) is 42.5 Å². The number of ketones is 1. The molecule has 0 saturated carbocycles. The van der Waals surface area contributed by atoms with E-state index in [9.17, 15) is 29.2 Å². The fourth-order valence-corrected chi connectivity index (χ4v) is 3.42. The van der Waals surface area contributed by atoms with Crippen LogP contribution in [0, 0.1) is 22.9 Å². The lowest BCUT2D eigenvalue weighted by Gasteiger charge is -2.22. The van der Waals surface area contributed by atoms with Crippen molar-refractivity contribution in [3.8, 4) is 0 Å². The number of aromatic nitrogens is 1. The molecule has 2 aromatic carbocycles. The average Bonchev–Trinajstić information content (AvgIpc) is 3.29. The maximum Gasteiger partial charge on any atom is 0.301 e. The minimum Gasteiger partial charge on any atom is -0.507 e. The molecule has 10 heteroatoms. The van der Waals surface area contributed by atoms with Crippen LogP contribution < -0.4 is 4.90 Å². The van der Waals surface area contributed by atoms with E-state index in [0.717, 1.165) is 17.0 Å². The number of hydrogen-bond donors (Lipinski definition) is 1. The summed E-state index contributed by atoms with van der Waals surface area (Å²) >= 11 is 0. The van der Waals surface area contributed by atoms with Gasteiger partial charge in [0.15, 0.2) is 5.82 Å². The van der Waals surface area contributed by atoms with Crippen molar-refractivity contribution >= 4 is 29.0 Å². The molecule has 2 heterocycles. The molecule has 1 aliphatic heterocycles. The standard InChI is InChI=1S/C21H14FN3O6/c1-11-9-16(23-31-11)24-18(13-3-2-4-15(10-13)25(29)30)17(20(27)21(24)28)19(26)12-5-7-14(22)8-6-12/h2-10,18,26H,1H3/b19-17+/t18-/m1/s1. The number of nitrogens with zero attached hydrogens (tertiary/aromatic N) is 3. The molecule has 1 fully saturated rings. The molecule has 9 nitrogen and oxygen atoms in total. The highest BCUT2D eigenvalue weighted by Gasteiger charge is 2.48. The Morgan fingerprint density at radius 1 is 1.19 bits per heavy atom. The second kappa shape index (κ2) is 7.48. The lowest BCUT2D eigenvalue weighted by molar-refractivity contribution is -0.384. The maximum atomic E-state index is 13.3. The van der Waals surface area contributed by atoms with Gasteiger partial charge in [-0.05, 0) is 36.8 Å². The smallest absolute Gasteiger partial charge is 0.301 e. The predicted octanol–water partition coefficient (Wildman–Crippen LogP) is 3.66. The number of aliphatic hydroxyl groups is 1. The van der Waals surface area contributed by atoms with Crippen molar-refractivity contribution in [3.63, 3.8) is 0 Å². The number of non-ortho nitro benzene ring substituents is 1. The molecule has 3 aromatic rings. The van der Waals surface area contributed by atoms with Gasteiger partial charge in [0.2, 0.25) is 0 Å². The Balaban J connectivity index is 1.96. The Bertz CT molecular complexity index is 1250. The molecule has 1 amide bonds. The van der Waals surface area contributed by atoms with E-state index in [1.54, 1.807) is 6.92 Å². The molecule has 156 valence electrons. The van der Waals surface area contributed by atoms with Crippen molar-refractivity contribution in [2.75, 3.05) is 4.90 Å². The Kier molecular flexibility index (Phi) is 4.82. The van der Waals surface area contributed by atoms with Crippen LogP contribution in [0.1, 0.15) is 22.9 Å². The monoisotopic (exact) mass is 423 g/mol. The fourth-order valence-electron chi connectivity index (χ4n) is 3.42. The van der Waals surface area contributed by atoms with Crippen LogP contribution >= 0.6 is 0 Å². The number of nitro groups is 1. The first kappa shape index (κ1) is 20.0. The Morgan fingerprint density at radius 2 is 1.90 bits per heavy atom. The van der Waals surface area contributed by atoms with Gasteiger partial charge >= 0.3 is 5.91 Å². The zero-order valence-corrected chi connectivity index (χ0v) is 16.0. The number of amides is 1. The van der Waals surface area contributed by atoms with E-state index in [1.807, 2.05) is 0 Å². The number of carbonyl (C=O) groups excluding carboxylic acids is 2. The molecule has 1 aliphatic rings. The highest BCUT2D eigenvalue weighted by atomic mass is 19.1. The molecule has 1 saturated heterocycles. The van der Waals surface area contributed by atoms with Crippen LogP contribution in [0.2, 0.25) is 0 Å². The first-order valence-electron chi connectivity index (χ1n) is 9.02. The minimum absolute atomic E-state index is 0.00858. The summed E-state index contributed by atoms with van der Waals surface area (Å²) in [6, 6.07) is 10.3. The Hall–Kier alpha value is -4.34. The van der Waals surface area contributed by atoms with Crippen LogP contribution in [0.4, 0.5) is 15.9 Å². The van der Waals surface area contributed by atoms with Gasteiger partial charge in [-0.15, -0.1) is 0 Å². The predicted molar refractivity (Wildman–Crippen MR) is 106 cm³/mol. The van der Waals surface area contributed by atoms with Gasteiger partial charge < -0.3 is 9.63 Å². The molecule has 1 aromatic heterocycles. The summed E-state index contributed by atoms with van der Waals surface area (Å²) in [4.78, 5) is 37.4. The number of aryl methyl sites for hydroxylation is 1. The highest BCUT2D eigenvalue weighted by molar-refractivity contribution is 6.51. The number of Topliss-reactive ketones (excluding diaryl/α,β-unsaturated/α-hetero) is 1. The van der Waals surface area contributed by atoms with Crippen LogP contribution in [-0.2, 0) is 9.59 Å². The summed E-state index contributed by atoms with van der Waals surface area (Å²) in [5.41, 5.74) is -0.261. The summed E-state index contributed by atoms with van der Waals surface area (Å²) in [7, 11) is 0. The van der Waals surface area contributed by atoms with Crippen LogP contribution in [0.5, 0.6) is 0 Å². The first-order chi connectivity index (χ1) is 14.8. The fraction of sp³-hybridized carbons (Fsp3) is 0.0952. The molecule has 0 radical (unpaired) electrons. The molecule has 1 atom stereocenters. The topological polar surface area (TPSA) is 127 Å². The third-order valence-corrected chi connectivity index (χ3v) is 4.82. The number of benzene rings is 2. The van der Waals surface area contributed by atoms with Gasteiger partial charge in [-0.2, -0.15) is 0 Å². The van der Waals surface area contributed by atoms with E-state index in [2.05, 4.69) is 5.16 Å². The van der Waals surface area contributed by atoms with E-state index in [4.69, 9.17) is 4.52 Å². The lowest BCUT2D eigenvalue weighted by atomic mass is 9.95. The van der Waals surface area contributed by atoms with Gasteiger partial charge in [0.05, 0.1) is 16.5 Å². The number of carbonyl (C=O) groups is 2. The minimum atomic E-state index is -1.21. The Morgan fingerprint density at radius 3 is 2.52 bits per heavy atom. The molecule has 0 unspecified atom stereocenters. The molecule has 1 N–H and O–H groups in total. The van der Waals surface area contributed by atoms with E-state index in [0.29, 0.717) is 5.76 Å². The summed E-state index contributed by atoms with van der Waals surface area (Å²) in [5, 5.41) is 25.9. The van der Waals surface area contributed by atoms with Gasteiger partial charge in [0.1, 0.15) is 17.3 Å². The Labute approximate surface area is 174 Å². The van der Waals surface area contributed by atoms with Crippen molar-refractivity contribution in [2.24, 2.45) is 0 Å². The SMILES string of the molecule is Cc1cc(N2C(=O)C(=O)/C(=C(/O)c3ccc(F)cc3)[C@H]2c2cccc([N+](=O)[O-])c2)no1. The van der Waals surface area contributed by atoms with E-state index < -0.39 is 34.2 Å². The van der Waals surface area contributed by atoms with Crippen molar-refractivity contribution in [1.29, 1.82) is 0 Å². The van der Waals surface area contributed by atoms with Gasteiger partial charge in [0.25, 0.3) is 11.5 Å². The van der Waals surface area contributed by atoms with Crippen molar-refractivity contribution in [1.82, 2.24) is 5.16 Å². The number of aliphatic hydroxyl groups excluding tert-OH is 1. The molecular formula is C21H14FN3O6. The van der Waals surface area contributed by atoms with Crippen molar-refractivity contribution < 1.29 is 28.5 Å². The largest absolute Gasteiger partial charge is 0.507 e. The quantitative estimate of drug-likeness (QED) is 0.223. The molecule has 31 heavy (non-hydrogen) atoms. The lowest BCUT2D eigenvalue weighted by Crippen LogP contribution is -2.29. The van der Waals surface area contributed by atoms with E-state index >= 15 is 0 Å². The van der Waals surface area contributed by atoms with Crippen LogP contribution in [-0.4, -0.2) is 26.9 Å². The van der Waals surface area contributed by atoms with Crippen molar-refractivity contribution in [2.45, 2.75) is 13.0 Å². The highest BCUT2D eigenvalue weighted by Crippen LogP contribution is 2.42. The second-order valence-corrected chi connectivity index (χ2v) is 6.82. The average molecular weight is 423 g/mol. The van der Waals surface area contributed by atoms with Gasteiger partial charge in [-0.25, -0.2) is 4.39 Å².